The number of hydrogen-bond acceptors (Lipinski definition) is 22. The molecule has 4 atom stereocenters. The van der Waals surface area contributed by atoms with Crippen molar-refractivity contribution in [2.75, 3.05) is 53.4 Å². The minimum absolute atomic E-state index is 0.279. The normalized spacial score (nSPS) is 13.0. The van der Waals surface area contributed by atoms with Crippen LogP contribution >= 0.6 is 175 Å². The Kier molecular flexibility index (Phi) is 44.6. The predicted molar refractivity (Wildman–Crippen MR) is 312 cm³/mol. The van der Waals surface area contributed by atoms with E-state index in [1.54, 1.807) is 18.6 Å². The van der Waals surface area contributed by atoms with Crippen LogP contribution in [0.1, 0.15) is 24.2 Å². The number of thiocarbonyl (C=S) groups is 2. The summed E-state index contributed by atoms with van der Waals surface area (Å²) < 4.78 is 6.18. The fraction of sp³-hybridized carbons (Fsp3) is 0.436. The van der Waals surface area contributed by atoms with Crippen LogP contribution in [0.25, 0.3) is 0 Å². The first-order chi connectivity index (χ1) is 30.4. The van der Waals surface area contributed by atoms with Gasteiger partial charge >= 0.3 is 0 Å². The Balaban J connectivity index is 0. The number of aromatic nitrogens is 4. The van der Waals surface area contributed by atoms with Crippen molar-refractivity contribution in [3.63, 3.8) is 0 Å². The van der Waals surface area contributed by atoms with Crippen molar-refractivity contribution >= 4 is 185 Å². The summed E-state index contributed by atoms with van der Waals surface area (Å²) in [6.07, 6.45) is 5.39. The molecule has 3 heterocycles. The molecule has 0 spiro atoms. The Labute approximate surface area is 454 Å². The summed E-state index contributed by atoms with van der Waals surface area (Å²) >= 11 is 56.0. The molecule has 64 heavy (non-hydrogen) atoms. The number of hydrogen-bond donors (Lipinski definition) is 17. The smallest absolute Gasteiger partial charge is 0.171 e. The van der Waals surface area contributed by atoms with E-state index in [4.69, 9.17) is 61.8 Å². The standard InChI is InChI=1S/C10H14OS2.C8H10S3.C5H6N2S.C4H4N2S2.C4H6N2S2.2C4H10O2S2/c1-8-7-9(13)3-4-10(8)11-5-2-6-12;9-5-6-11-8-3-1-7(10)2-4-8;1-4-6-2-5(8)3-7-4;7-3-1-5-2-6-4(3)8;7-3-1-2-5-4(8)6-3;2*5-3(1-7)4(6)2-8/h3-4,7,12-13H,2,5-6H2,1H3;1-4,9-10H,5-6H2;2-3,8H,1H3;1-2,7H,(H,5,6,8);1-2H2,(H2,5,6,7,8);2*3-8H,1-2H2. The molecule has 7 N–H and O–H groups in total. The second-order valence-electron chi connectivity index (χ2n) is 12.2. The molecule has 4 aromatic rings. The van der Waals surface area contributed by atoms with Gasteiger partial charge in [-0.15, -0.1) is 62.3 Å². The number of benzene rings is 2. The molecule has 1 aliphatic rings. The van der Waals surface area contributed by atoms with Crippen LogP contribution < -0.4 is 15.4 Å². The molecule has 1 saturated heterocycles. The van der Waals surface area contributed by atoms with Gasteiger partial charge in [-0.25, -0.2) is 15.0 Å². The third-order valence-corrected chi connectivity index (χ3v) is 12.4. The van der Waals surface area contributed by atoms with Crippen LogP contribution in [0.5, 0.6) is 5.75 Å². The Morgan fingerprint density at radius 2 is 1.25 bits per heavy atom. The third-order valence-electron chi connectivity index (χ3n) is 6.91. The number of thiol groups is 10. The van der Waals surface area contributed by atoms with Crippen molar-refractivity contribution < 1.29 is 25.2 Å². The number of thioether (sulfide) groups is 1. The fourth-order valence-corrected chi connectivity index (χ4v) is 6.77. The first-order valence-electron chi connectivity index (χ1n) is 18.9. The van der Waals surface area contributed by atoms with Crippen LogP contribution in [0, 0.1) is 18.5 Å². The zero-order chi connectivity index (χ0) is 48.9. The molecule has 1 aliphatic heterocycles. The van der Waals surface area contributed by atoms with Gasteiger partial charge in [-0.2, -0.15) is 75.8 Å². The Hall–Kier alpha value is 0.0900. The fourth-order valence-electron chi connectivity index (χ4n) is 3.48. The highest BCUT2D eigenvalue weighted by atomic mass is 32.2. The van der Waals surface area contributed by atoms with Crippen LogP contribution in [0.3, 0.4) is 0 Å². The zero-order valence-corrected chi connectivity index (χ0v) is 47.3. The van der Waals surface area contributed by atoms with Gasteiger partial charge in [0.1, 0.15) is 16.2 Å². The molecule has 0 saturated carbocycles. The van der Waals surface area contributed by atoms with E-state index in [-0.39, 0.29) is 23.0 Å². The van der Waals surface area contributed by atoms with E-state index in [0.29, 0.717) is 14.6 Å². The molecule has 11 nitrogen and oxygen atoms in total. The summed E-state index contributed by atoms with van der Waals surface area (Å²) in [6.45, 7) is 5.48. The van der Waals surface area contributed by atoms with Gasteiger partial charge in [-0.3, -0.25) is 0 Å². The van der Waals surface area contributed by atoms with Crippen molar-refractivity contribution in [1.29, 1.82) is 0 Å². The maximum atomic E-state index is 8.75. The van der Waals surface area contributed by atoms with Gasteiger partial charge in [0.15, 0.2) is 5.11 Å². The minimum atomic E-state index is -0.740. The molecule has 2 aromatic heterocycles. The van der Waals surface area contributed by atoms with Gasteiger partial charge in [-0.05, 0) is 92.0 Å². The number of ether oxygens (including phenoxy) is 1. The van der Waals surface area contributed by atoms with Gasteiger partial charge in [0, 0.05) is 79.9 Å². The van der Waals surface area contributed by atoms with E-state index < -0.39 is 24.4 Å². The van der Waals surface area contributed by atoms with Crippen molar-refractivity contribution in [3.8, 4) is 5.75 Å². The Bertz CT molecular complexity index is 1790. The second kappa shape index (κ2) is 43.1. The van der Waals surface area contributed by atoms with Crippen LogP contribution in [-0.2, 0) is 0 Å². The highest BCUT2D eigenvalue weighted by Crippen LogP contribution is 2.21. The molecule has 0 aliphatic carbocycles. The molecule has 5 rings (SSSR count). The first kappa shape index (κ1) is 66.2. The van der Waals surface area contributed by atoms with Gasteiger partial charge in [-0.1, -0.05) is 24.4 Å². The summed E-state index contributed by atoms with van der Waals surface area (Å²) in [7, 11) is 0. The monoisotopic (exact) mass is 1140 g/mol. The first-order valence-corrected chi connectivity index (χ1v) is 26.7. The average Bonchev–Trinajstić information content (AvgIpc) is 3.29. The van der Waals surface area contributed by atoms with Crippen molar-refractivity contribution in [2.24, 2.45) is 0 Å². The van der Waals surface area contributed by atoms with Gasteiger partial charge in [0.25, 0.3) is 0 Å². The largest absolute Gasteiger partial charge is 0.493 e. The molecule has 2 aromatic carbocycles. The topological polar surface area (TPSA) is 169 Å². The van der Waals surface area contributed by atoms with Crippen molar-refractivity contribution in [2.45, 2.75) is 75.6 Å². The SMILES string of the molecule is Cc1cc(S)ccc1OCCCS.Cc1ncc(S)cn1.OC(CS)C(O)CS.OC(CS)C(O)CS.S=C1CCNC(=S)N1.S=c1[nH]cncc1S.SCCSc1ccc(S)cc1. The molecule has 360 valence electrons. The van der Waals surface area contributed by atoms with E-state index in [0.717, 1.165) is 80.1 Å². The average molecular weight is 1140 g/mol. The highest BCUT2D eigenvalue weighted by Gasteiger charge is 2.11. The number of rotatable bonds is 13. The summed E-state index contributed by atoms with van der Waals surface area (Å²) in [5, 5.41) is 41.4. The summed E-state index contributed by atoms with van der Waals surface area (Å²) in [5.41, 5.74) is 1.13. The van der Waals surface area contributed by atoms with E-state index in [2.05, 4.69) is 169 Å². The third kappa shape index (κ3) is 37.0. The number of aromatic amines is 1. The molecule has 4 unspecified atom stereocenters. The lowest BCUT2D eigenvalue weighted by Crippen LogP contribution is -2.45. The molecule has 0 amide bonds. The number of aliphatic hydroxyl groups excluding tert-OH is 4. The van der Waals surface area contributed by atoms with Gasteiger partial charge < -0.3 is 40.8 Å². The van der Waals surface area contributed by atoms with Crippen molar-refractivity contribution in [1.82, 2.24) is 30.6 Å². The van der Waals surface area contributed by atoms with Crippen LogP contribution in [-0.4, -0.2) is 128 Å². The molecular formula is C39H60N6O5S14. The number of aliphatic hydroxyl groups is 4. The lowest BCUT2D eigenvalue weighted by atomic mass is 10.2. The highest BCUT2D eigenvalue weighted by molar-refractivity contribution is 8.00. The number of H-pyrrole nitrogens is 1. The zero-order valence-electron chi connectivity index (χ0n) is 35.1. The quantitative estimate of drug-likeness (QED) is 0.0271. The minimum Gasteiger partial charge on any atom is -0.493 e. The molecule has 25 heteroatoms. The molecule has 1 fully saturated rings. The Morgan fingerprint density at radius 3 is 1.62 bits per heavy atom. The van der Waals surface area contributed by atoms with Gasteiger partial charge in [0.05, 0.1) is 47.2 Å². The van der Waals surface area contributed by atoms with Crippen LogP contribution in [0.2, 0.25) is 0 Å². The lowest BCUT2D eigenvalue weighted by molar-refractivity contribution is 0.0504. The molecular weight excluding hydrogens is 1080 g/mol. The molecule has 0 bridgehead atoms. The second-order valence-corrected chi connectivity index (χ2v) is 19.1. The number of nitrogens with one attached hydrogen (secondary N) is 3. The summed E-state index contributed by atoms with van der Waals surface area (Å²) in [5.74, 6) is 5.70. The predicted octanol–water partition coefficient (Wildman–Crippen LogP) is 7.80. The number of nitrogens with zero attached hydrogens (tertiary/aromatic N) is 3. The van der Waals surface area contributed by atoms with Crippen LogP contribution in [0.15, 0.2) is 91.9 Å². The van der Waals surface area contributed by atoms with E-state index >= 15 is 0 Å². The van der Waals surface area contributed by atoms with E-state index in [9.17, 15) is 0 Å². The Morgan fingerprint density at radius 1 is 0.719 bits per heavy atom. The molecule has 0 radical (unpaired) electrons. The van der Waals surface area contributed by atoms with E-state index in [1.807, 2.05) is 55.9 Å². The van der Waals surface area contributed by atoms with Gasteiger partial charge in [0.2, 0.25) is 0 Å². The lowest BCUT2D eigenvalue weighted by Gasteiger charge is -2.16. The van der Waals surface area contributed by atoms with Crippen LogP contribution in [0.4, 0.5) is 0 Å². The summed E-state index contributed by atoms with van der Waals surface area (Å²) in [6, 6.07) is 14.1. The van der Waals surface area contributed by atoms with Crippen molar-refractivity contribution in [3.05, 3.63) is 83.4 Å². The maximum absolute atomic E-state index is 8.75. The summed E-state index contributed by atoms with van der Waals surface area (Å²) in [4.78, 5) is 19.9. The maximum Gasteiger partial charge on any atom is 0.171 e. The van der Waals surface area contributed by atoms with E-state index in [1.165, 1.54) is 11.2 Å². The number of aryl methyl sites for hydroxylation is 2.